The number of hydrogen-bond acceptors (Lipinski definition) is 3. The molecule has 1 fully saturated rings. The van der Waals surface area contributed by atoms with Crippen molar-refractivity contribution in [1.29, 1.82) is 0 Å². The number of piperidine rings is 1. The number of benzene rings is 1. The van der Waals surface area contributed by atoms with Gasteiger partial charge in [-0.2, -0.15) is 0 Å². The minimum Gasteiger partial charge on any atom is -0.481 e. The Kier molecular flexibility index (Phi) is 3.10. The second kappa shape index (κ2) is 4.53. The number of carboxylic acids is 1. The molecule has 0 saturated carbocycles. The molecule has 2 rings (SSSR count). The lowest BCUT2D eigenvalue weighted by molar-refractivity contribution is -0.143. The molecule has 4 heteroatoms. The van der Waals surface area contributed by atoms with Gasteiger partial charge in [0.2, 0.25) is 0 Å². The second-order valence-corrected chi connectivity index (χ2v) is 4.19. The first kappa shape index (κ1) is 11.0. The quantitative estimate of drug-likeness (QED) is 0.658. The normalized spacial score (nSPS) is 25.2. The summed E-state index contributed by atoms with van der Waals surface area (Å²) in [6.45, 7) is 0.864. The summed E-state index contributed by atoms with van der Waals surface area (Å²) < 4.78 is 0. The van der Waals surface area contributed by atoms with Gasteiger partial charge in [-0.25, -0.2) is 0 Å². The number of carbonyl (C=O) groups is 1. The molecule has 0 bridgehead atoms. The smallest absolute Gasteiger partial charge is 0.308 e. The molecule has 86 valence electrons. The van der Waals surface area contributed by atoms with E-state index in [0.29, 0.717) is 5.69 Å². The fraction of sp³-hybridized carbons (Fsp3) is 0.417. The van der Waals surface area contributed by atoms with Crippen molar-refractivity contribution < 1.29 is 9.90 Å². The molecular weight excluding hydrogens is 204 g/mol. The lowest BCUT2D eigenvalue weighted by Crippen LogP contribution is -2.38. The van der Waals surface area contributed by atoms with Crippen molar-refractivity contribution in [2.75, 3.05) is 12.3 Å². The Hall–Kier alpha value is -1.55. The Labute approximate surface area is 94.5 Å². The predicted molar refractivity (Wildman–Crippen MR) is 62.0 cm³/mol. The zero-order valence-electron chi connectivity index (χ0n) is 9.02. The summed E-state index contributed by atoms with van der Waals surface area (Å²) in [4.78, 5) is 11.2. The molecule has 1 aromatic carbocycles. The molecule has 0 spiro atoms. The third kappa shape index (κ3) is 2.17. The van der Waals surface area contributed by atoms with Gasteiger partial charge in [0.1, 0.15) is 0 Å². The highest BCUT2D eigenvalue weighted by Crippen LogP contribution is 2.30. The summed E-state index contributed by atoms with van der Waals surface area (Å²) in [5.41, 5.74) is 7.35. The van der Waals surface area contributed by atoms with E-state index in [1.807, 2.05) is 24.3 Å². The van der Waals surface area contributed by atoms with Crippen LogP contribution in [0.15, 0.2) is 24.3 Å². The maximum absolute atomic E-state index is 11.2. The molecule has 4 N–H and O–H groups in total. The molecule has 2 unspecified atom stereocenters. The zero-order valence-corrected chi connectivity index (χ0v) is 9.02. The predicted octanol–water partition coefficient (Wildman–Crippen LogP) is 1.39. The van der Waals surface area contributed by atoms with Gasteiger partial charge in [-0.15, -0.1) is 0 Å². The fourth-order valence-corrected chi connectivity index (χ4v) is 2.26. The SMILES string of the molecule is Nc1cccc(C2NCCCC2C(=O)O)c1. The van der Waals surface area contributed by atoms with E-state index >= 15 is 0 Å². The van der Waals surface area contributed by atoms with Crippen molar-refractivity contribution in [2.45, 2.75) is 18.9 Å². The van der Waals surface area contributed by atoms with E-state index in [1.54, 1.807) is 0 Å². The van der Waals surface area contributed by atoms with Gasteiger partial charge < -0.3 is 16.2 Å². The van der Waals surface area contributed by atoms with Gasteiger partial charge in [-0.1, -0.05) is 12.1 Å². The van der Waals surface area contributed by atoms with Gasteiger partial charge >= 0.3 is 5.97 Å². The lowest BCUT2D eigenvalue weighted by atomic mass is 9.86. The molecule has 0 aromatic heterocycles. The summed E-state index contributed by atoms with van der Waals surface area (Å²) in [7, 11) is 0. The van der Waals surface area contributed by atoms with Gasteiger partial charge in [-0.05, 0) is 37.1 Å². The molecule has 2 atom stereocenters. The van der Waals surface area contributed by atoms with Crippen LogP contribution in [0.3, 0.4) is 0 Å². The summed E-state index contributed by atoms with van der Waals surface area (Å²) in [5.74, 6) is -1.09. The second-order valence-electron chi connectivity index (χ2n) is 4.19. The van der Waals surface area contributed by atoms with Crippen LogP contribution in [0.25, 0.3) is 0 Å². The Morgan fingerprint density at radius 2 is 2.31 bits per heavy atom. The molecule has 1 saturated heterocycles. The maximum atomic E-state index is 11.2. The maximum Gasteiger partial charge on any atom is 0.308 e. The Bertz CT molecular complexity index is 392. The van der Waals surface area contributed by atoms with Crippen LogP contribution in [0.2, 0.25) is 0 Å². The minimum atomic E-state index is -0.736. The van der Waals surface area contributed by atoms with Gasteiger partial charge in [0.05, 0.1) is 5.92 Å². The van der Waals surface area contributed by atoms with Crippen LogP contribution in [0.4, 0.5) is 5.69 Å². The highest BCUT2D eigenvalue weighted by Gasteiger charge is 2.31. The monoisotopic (exact) mass is 220 g/mol. The Morgan fingerprint density at radius 1 is 1.50 bits per heavy atom. The molecule has 0 aliphatic carbocycles. The Morgan fingerprint density at radius 3 is 3.00 bits per heavy atom. The van der Waals surface area contributed by atoms with Crippen LogP contribution >= 0.6 is 0 Å². The highest BCUT2D eigenvalue weighted by molar-refractivity contribution is 5.71. The standard InChI is InChI=1S/C12H16N2O2/c13-9-4-1-3-8(7-9)11-10(12(15)16)5-2-6-14-11/h1,3-4,7,10-11,14H,2,5-6,13H2,(H,15,16). The summed E-state index contributed by atoms with van der Waals surface area (Å²) >= 11 is 0. The van der Waals surface area contributed by atoms with E-state index in [-0.39, 0.29) is 12.0 Å². The zero-order chi connectivity index (χ0) is 11.5. The van der Waals surface area contributed by atoms with E-state index < -0.39 is 5.97 Å². The molecule has 1 aliphatic heterocycles. The largest absolute Gasteiger partial charge is 0.481 e. The van der Waals surface area contributed by atoms with Crippen molar-refractivity contribution in [2.24, 2.45) is 5.92 Å². The molecule has 1 heterocycles. The van der Waals surface area contributed by atoms with Crippen molar-refractivity contribution in [3.05, 3.63) is 29.8 Å². The number of nitrogen functional groups attached to an aromatic ring is 1. The number of hydrogen-bond donors (Lipinski definition) is 3. The molecule has 0 amide bonds. The summed E-state index contributed by atoms with van der Waals surface area (Å²) in [6, 6.07) is 7.32. The van der Waals surface area contributed by atoms with Crippen LogP contribution in [0, 0.1) is 5.92 Å². The number of aliphatic carboxylic acids is 1. The lowest BCUT2D eigenvalue weighted by Gasteiger charge is -2.30. The van der Waals surface area contributed by atoms with E-state index in [1.165, 1.54) is 0 Å². The number of nitrogens with two attached hydrogens (primary N) is 1. The number of carboxylic acid groups (broad SMARTS) is 1. The third-order valence-electron chi connectivity index (χ3n) is 3.05. The number of anilines is 1. The summed E-state index contributed by atoms with van der Waals surface area (Å²) in [5, 5.41) is 12.4. The average molecular weight is 220 g/mol. The molecule has 1 aliphatic rings. The fourth-order valence-electron chi connectivity index (χ4n) is 2.26. The van der Waals surface area contributed by atoms with Gasteiger partial charge in [0.25, 0.3) is 0 Å². The number of nitrogens with one attached hydrogen (secondary N) is 1. The summed E-state index contributed by atoms with van der Waals surface area (Å²) in [6.07, 6.45) is 1.64. The van der Waals surface area contributed by atoms with Crippen LogP contribution < -0.4 is 11.1 Å². The van der Waals surface area contributed by atoms with E-state index in [4.69, 9.17) is 10.8 Å². The van der Waals surface area contributed by atoms with Gasteiger partial charge in [0.15, 0.2) is 0 Å². The molecule has 4 nitrogen and oxygen atoms in total. The van der Waals surface area contributed by atoms with Crippen LogP contribution in [0.1, 0.15) is 24.4 Å². The van der Waals surface area contributed by atoms with Crippen molar-refractivity contribution in [1.82, 2.24) is 5.32 Å². The molecule has 0 radical (unpaired) electrons. The van der Waals surface area contributed by atoms with Crippen LogP contribution in [-0.4, -0.2) is 17.6 Å². The Balaban J connectivity index is 2.26. The van der Waals surface area contributed by atoms with Crippen molar-refractivity contribution >= 4 is 11.7 Å². The van der Waals surface area contributed by atoms with E-state index in [2.05, 4.69) is 5.32 Å². The van der Waals surface area contributed by atoms with Gasteiger partial charge in [0, 0.05) is 11.7 Å². The minimum absolute atomic E-state index is 0.116. The average Bonchev–Trinajstić information content (AvgIpc) is 2.29. The highest BCUT2D eigenvalue weighted by atomic mass is 16.4. The molecular formula is C12H16N2O2. The topological polar surface area (TPSA) is 75.3 Å². The molecule has 1 aromatic rings. The first-order valence-corrected chi connectivity index (χ1v) is 5.50. The van der Waals surface area contributed by atoms with Crippen LogP contribution in [0.5, 0.6) is 0 Å². The first-order valence-electron chi connectivity index (χ1n) is 5.50. The van der Waals surface area contributed by atoms with E-state index in [9.17, 15) is 4.79 Å². The van der Waals surface area contributed by atoms with Crippen molar-refractivity contribution in [3.63, 3.8) is 0 Å². The third-order valence-corrected chi connectivity index (χ3v) is 3.05. The van der Waals surface area contributed by atoms with Crippen LogP contribution in [-0.2, 0) is 4.79 Å². The first-order chi connectivity index (χ1) is 7.68. The molecule has 16 heavy (non-hydrogen) atoms. The van der Waals surface area contributed by atoms with Gasteiger partial charge in [-0.3, -0.25) is 4.79 Å². The van der Waals surface area contributed by atoms with E-state index in [0.717, 1.165) is 24.9 Å². The van der Waals surface area contributed by atoms with Crippen molar-refractivity contribution in [3.8, 4) is 0 Å². The number of rotatable bonds is 2.